The highest BCUT2D eigenvalue weighted by Crippen LogP contribution is 2.36. The zero-order valence-electron chi connectivity index (χ0n) is 13.3. The van der Waals surface area contributed by atoms with Gasteiger partial charge >= 0.3 is 5.97 Å². The number of carboxylic acids is 1. The van der Waals surface area contributed by atoms with Crippen LogP contribution in [0.5, 0.6) is 11.5 Å². The number of sulfone groups is 1. The number of rotatable bonds is 6. The molecule has 1 atom stereocenters. The molecule has 0 bridgehead atoms. The number of hydrogen-bond donors (Lipinski definition) is 2. The van der Waals surface area contributed by atoms with Crippen molar-refractivity contribution in [2.45, 2.75) is 17.9 Å². The Hall–Kier alpha value is -1.96. The molecule has 2 rings (SSSR count). The minimum atomic E-state index is -3.39. The first kappa shape index (κ1) is 19.4. The fourth-order valence-corrected chi connectivity index (χ4v) is 3.00. The second-order valence-corrected chi connectivity index (χ2v) is 8.17. The molecule has 2 aromatic carbocycles. The zero-order chi connectivity index (χ0) is 18.8. The molecule has 9 heteroatoms. The molecule has 0 saturated carbocycles. The Morgan fingerprint density at radius 2 is 1.84 bits per heavy atom. The lowest BCUT2D eigenvalue weighted by Crippen LogP contribution is -2.25. The summed E-state index contributed by atoms with van der Waals surface area (Å²) in [7, 11) is -3.39. The maximum absolute atomic E-state index is 11.6. The molecule has 0 saturated heterocycles. The van der Waals surface area contributed by atoms with Crippen molar-refractivity contribution >= 4 is 44.7 Å². The second kappa shape index (κ2) is 7.51. The topological polar surface area (TPSA) is 92.7 Å². The smallest absolute Gasteiger partial charge is 0.325 e. The highest BCUT2D eigenvalue weighted by atomic mass is 35.5. The normalized spacial score (nSPS) is 12.5. The monoisotopic (exact) mass is 403 g/mol. The van der Waals surface area contributed by atoms with Crippen LogP contribution in [0, 0.1) is 0 Å². The van der Waals surface area contributed by atoms with E-state index < -0.39 is 21.8 Å². The van der Waals surface area contributed by atoms with E-state index in [1.807, 2.05) is 0 Å². The summed E-state index contributed by atoms with van der Waals surface area (Å²) in [5.41, 5.74) is 0.405. The molecule has 0 radical (unpaired) electrons. The van der Waals surface area contributed by atoms with Gasteiger partial charge in [0.25, 0.3) is 0 Å². The van der Waals surface area contributed by atoms with Gasteiger partial charge in [-0.15, -0.1) is 0 Å². The number of hydrogen-bond acceptors (Lipinski definition) is 5. The van der Waals surface area contributed by atoms with Gasteiger partial charge in [0.1, 0.15) is 11.8 Å². The van der Waals surface area contributed by atoms with Gasteiger partial charge in [-0.25, -0.2) is 8.42 Å². The van der Waals surface area contributed by atoms with E-state index in [1.165, 1.54) is 31.2 Å². The number of halogens is 2. The maximum atomic E-state index is 11.6. The lowest BCUT2D eigenvalue weighted by molar-refractivity contribution is -0.137. The average molecular weight is 404 g/mol. The molecule has 0 unspecified atom stereocenters. The fraction of sp³-hybridized carbons (Fsp3) is 0.188. The summed E-state index contributed by atoms with van der Waals surface area (Å²) in [6.45, 7) is 1.48. The van der Waals surface area contributed by atoms with E-state index in [0.717, 1.165) is 6.26 Å². The van der Waals surface area contributed by atoms with Crippen LogP contribution < -0.4 is 10.1 Å². The molecular weight excluding hydrogens is 389 g/mol. The van der Waals surface area contributed by atoms with Crippen molar-refractivity contribution in [1.29, 1.82) is 0 Å². The quantitative estimate of drug-likeness (QED) is 0.754. The van der Waals surface area contributed by atoms with Crippen LogP contribution in [-0.4, -0.2) is 31.8 Å². The minimum absolute atomic E-state index is 0.0637. The van der Waals surface area contributed by atoms with Crippen molar-refractivity contribution in [2.24, 2.45) is 0 Å². The Balaban J connectivity index is 2.37. The van der Waals surface area contributed by atoms with E-state index in [9.17, 15) is 13.2 Å². The standard InChI is InChI=1S/C16H15Cl2NO5S/c1-9(16(20)21)19-13-5-3-10(17)7-15(13)24-14-6-4-11(8-12(14)18)25(2,22)23/h3-9,19H,1-2H3,(H,20,21)/t9-/m1/s1. The number of nitrogens with one attached hydrogen (secondary N) is 1. The van der Waals surface area contributed by atoms with Gasteiger partial charge in [0.2, 0.25) is 0 Å². The van der Waals surface area contributed by atoms with Crippen LogP contribution in [0.25, 0.3) is 0 Å². The maximum Gasteiger partial charge on any atom is 0.325 e. The van der Waals surface area contributed by atoms with Crippen LogP contribution in [0.4, 0.5) is 5.69 Å². The van der Waals surface area contributed by atoms with Crippen molar-refractivity contribution in [3.63, 3.8) is 0 Å². The summed E-state index contributed by atoms with van der Waals surface area (Å²) >= 11 is 12.1. The summed E-state index contributed by atoms with van der Waals surface area (Å²) in [6.07, 6.45) is 1.07. The van der Waals surface area contributed by atoms with Crippen LogP contribution in [0.3, 0.4) is 0 Å². The molecule has 0 spiro atoms. The molecular formula is C16H15Cl2NO5S. The number of anilines is 1. The third-order valence-electron chi connectivity index (χ3n) is 3.24. The Labute approximate surface area is 155 Å². The van der Waals surface area contributed by atoms with Gasteiger partial charge < -0.3 is 15.2 Å². The van der Waals surface area contributed by atoms with Gasteiger partial charge in [0, 0.05) is 17.3 Å². The molecule has 134 valence electrons. The number of aliphatic carboxylic acids is 1. The third kappa shape index (κ3) is 5.01. The molecule has 0 amide bonds. The minimum Gasteiger partial charge on any atom is -0.480 e. The highest BCUT2D eigenvalue weighted by molar-refractivity contribution is 7.90. The number of carboxylic acid groups (broad SMARTS) is 1. The molecule has 0 aliphatic rings. The van der Waals surface area contributed by atoms with Gasteiger partial charge in [-0.2, -0.15) is 0 Å². The predicted molar refractivity (Wildman–Crippen MR) is 96.8 cm³/mol. The van der Waals surface area contributed by atoms with Crippen molar-refractivity contribution < 1.29 is 23.1 Å². The molecule has 2 aromatic rings. The molecule has 6 nitrogen and oxygen atoms in total. The largest absolute Gasteiger partial charge is 0.480 e. The van der Waals surface area contributed by atoms with E-state index in [1.54, 1.807) is 12.1 Å². The molecule has 0 aliphatic heterocycles. The third-order valence-corrected chi connectivity index (χ3v) is 4.88. The summed E-state index contributed by atoms with van der Waals surface area (Å²) in [5, 5.41) is 12.3. The van der Waals surface area contributed by atoms with Crippen LogP contribution in [-0.2, 0) is 14.6 Å². The molecule has 0 aliphatic carbocycles. The Kier molecular flexibility index (Phi) is 5.82. The summed E-state index contributed by atoms with van der Waals surface area (Å²) in [4.78, 5) is 11.1. The first-order valence-corrected chi connectivity index (χ1v) is 9.69. The zero-order valence-corrected chi connectivity index (χ0v) is 15.6. The number of carbonyl (C=O) groups is 1. The van der Waals surface area contributed by atoms with Gasteiger partial charge in [-0.3, -0.25) is 4.79 Å². The first-order chi connectivity index (χ1) is 11.6. The Morgan fingerprint density at radius 1 is 1.16 bits per heavy atom. The Morgan fingerprint density at radius 3 is 2.40 bits per heavy atom. The molecule has 2 N–H and O–H groups in total. The van der Waals surface area contributed by atoms with Crippen molar-refractivity contribution in [2.75, 3.05) is 11.6 Å². The van der Waals surface area contributed by atoms with Crippen molar-refractivity contribution in [3.05, 3.63) is 46.4 Å². The fourth-order valence-electron chi connectivity index (χ4n) is 1.91. The van der Waals surface area contributed by atoms with Crippen LogP contribution in [0.2, 0.25) is 10.0 Å². The van der Waals surface area contributed by atoms with E-state index in [4.69, 9.17) is 33.0 Å². The van der Waals surface area contributed by atoms with Crippen LogP contribution in [0.15, 0.2) is 41.3 Å². The summed E-state index contributed by atoms with van der Waals surface area (Å²) < 4.78 is 28.8. The highest BCUT2D eigenvalue weighted by Gasteiger charge is 2.16. The lowest BCUT2D eigenvalue weighted by Gasteiger charge is -2.16. The first-order valence-electron chi connectivity index (χ1n) is 7.04. The van der Waals surface area contributed by atoms with Crippen molar-refractivity contribution in [3.8, 4) is 11.5 Å². The van der Waals surface area contributed by atoms with E-state index in [2.05, 4.69) is 5.32 Å². The molecule has 0 heterocycles. The van der Waals surface area contributed by atoms with Gasteiger partial charge in [-0.05, 0) is 37.3 Å². The Bertz CT molecular complexity index is 915. The number of ether oxygens (including phenoxy) is 1. The predicted octanol–water partition coefficient (Wildman–Crippen LogP) is 4.07. The van der Waals surface area contributed by atoms with Gasteiger partial charge in [-0.1, -0.05) is 23.2 Å². The molecule has 0 fully saturated rings. The van der Waals surface area contributed by atoms with Crippen molar-refractivity contribution in [1.82, 2.24) is 0 Å². The second-order valence-electron chi connectivity index (χ2n) is 5.31. The summed E-state index contributed by atoms with van der Waals surface area (Å²) in [6, 6.07) is 7.88. The van der Waals surface area contributed by atoms with Gasteiger partial charge in [0.15, 0.2) is 15.6 Å². The van der Waals surface area contributed by atoms with E-state index in [0.29, 0.717) is 10.7 Å². The van der Waals surface area contributed by atoms with E-state index in [-0.39, 0.29) is 21.4 Å². The summed E-state index contributed by atoms with van der Waals surface area (Å²) in [5.74, 6) is -0.562. The van der Waals surface area contributed by atoms with E-state index >= 15 is 0 Å². The van der Waals surface area contributed by atoms with Gasteiger partial charge in [0.05, 0.1) is 15.6 Å². The van der Waals surface area contributed by atoms with Crippen LogP contribution in [0.1, 0.15) is 6.92 Å². The van der Waals surface area contributed by atoms with Crippen LogP contribution >= 0.6 is 23.2 Å². The number of benzene rings is 2. The lowest BCUT2D eigenvalue weighted by atomic mass is 10.2. The average Bonchev–Trinajstić information content (AvgIpc) is 2.50. The molecule has 0 aromatic heterocycles. The molecule has 25 heavy (non-hydrogen) atoms. The SMILES string of the molecule is C[C@@H](Nc1ccc(Cl)cc1Oc1ccc(S(C)(=O)=O)cc1Cl)C(=O)O.